The first-order valence-corrected chi connectivity index (χ1v) is 12.3. The summed E-state index contributed by atoms with van der Waals surface area (Å²) in [5.41, 5.74) is 6.49. The average Bonchev–Trinajstić information content (AvgIpc) is 2.78. The van der Waals surface area contributed by atoms with Crippen LogP contribution in [0.25, 0.3) is 0 Å². The molecule has 2 N–H and O–H groups in total. The highest BCUT2D eigenvalue weighted by Gasteiger charge is 2.22. The maximum Gasteiger partial charge on any atom is 0.514 e. The minimum Gasteiger partial charge on any atom is -0.461 e. The Morgan fingerprint density at radius 1 is 0.811 bits per heavy atom. The molecule has 1 aromatic carbocycles. The molecule has 11 heteroatoms. The number of nitrogens with two attached hydrogens (primary N) is 1. The van der Waals surface area contributed by atoms with E-state index in [4.69, 9.17) is 34.2 Å². The monoisotopic (exact) mass is 525 g/mol. The molecule has 0 fully saturated rings. The van der Waals surface area contributed by atoms with Crippen LogP contribution in [0.4, 0.5) is 9.59 Å². The van der Waals surface area contributed by atoms with Gasteiger partial charge in [-0.1, -0.05) is 26.3 Å². The highest BCUT2D eigenvalue weighted by Crippen LogP contribution is 2.30. The van der Waals surface area contributed by atoms with E-state index < -0.39 is 42.6 Å². The molecule has 1 aromatic rings. The molecule has 3 atom stereocenters. The van der Waals surface area contributed by atoms with Crippen LogP contribution in [0.3, 0.4) is 0 Å². The van der Waals surface area contributed by atoms with Crippen molar-refractivity contribution in [3.63, 3.8) is 0 Å². The lowest BCUT2D eigenvalue weighted by Gasteiger charge is -2.18. The standard InChI is InChI=1S/C26H39NO10/c1-8-9-17(6)23(28)35-18(7)14-32-24(29)20(27)12-19-10-11-21(36-25(30)33-15(2)3)22(13-19)37-26(31)34-16(4)5/h10-11,13,15-18,20H,8-9,12,14,27H2,1-7H3/t17?,18-,20-/m0/s1. The third kappa shape index (κ3) is 12.4. The van der Waals surface area contributed by atoms with E-state index in [0.29, 0.717) is 12.0 Å². The van der Waals surface area contributed by atoms with Gasteiger partial charge in [-0.25, -0.2) is 9.59 Å². The van der Waals surface area contributed by atoms with Crippen molar-refractivity contribution in [1.82, 2.24) is 0 Å². The molecule has 208 valence electrons. The third-order valence-electron chi connectivity index (χ3n) is 4.72. The van der Waals surface area contributed by atoms with E-state index >= 15 is 0 Å². The molecule has 0 heterocycles. The van der Waals surface area contributed by atoms with E-state index in [0.717, 1.165) is 6.42 Å². The second kappa shape index (κ2) is 15.7. The van der Waals surface area contributed by atoms with E-state index in [1.54, 1.807) is 47.6 Å². The van der Waals surface area contributed by atoms with Gasteiger partial charge >= 0.3 is 24.2 Å². The zero-order valence-electron chi connectivity index (χ0n) is 22.6. The average molecular weight is 526 g/mol. The molecule has 1 unspecified atom stereocenters. The van der Waals surface area contributed by atoms with Crippen molar-refractivity contribution in [3.05, 3.63) is 23.8 Å². The summed E-state index contributed by atoms with van der Waals surface area (Å²) in [6.45, 7) is 11.8. The first kappa shape index (κ1) is 31.7. The minimum absolute atomic E-state index is 0.0207. The highest BCUT2D eigenvalue weighted by molar-refractivity contribution is 5.76. The molecule has 0 bridgehead atoms. The first-order valence-electron chi connectivity index (χ1n) is 12.3. The van der Waals surface area contributed by atoms with E-state index in [1.807, 2.05) is 6.92 Å². The maximum atomic E-state index is 12.4. The second-order valence-corrected chi connectivity index (χ2v) is 9.20. The lowest BCUT2D eigenvalue weighted by molar-refractivity contribution is -0.161. The van der Waals surface area contributed by atoms with Gasteiger partial charge in [-0.3, -0.25) is 9.59 Å². The Morgan fingerprint density at radius 3 is 1.92 bits per heavy atom. The number of benzene rings is 1. The molecule has 0 amide bonds. The van der Waals surface area contributed by atoms with Crippen LogP contribution in [0.15, 0.2) is 18.2 Å². The molecule has 0 saturated carbocycles. The summed E-state index contributed by atoms with van der Waals surface area (Å²) in [7, 11) is 0. The highest BCUT2D eigenvalue weighted by atomic mass is 16.7. The predicted octanol–water partition coefficient (Wildman–Crippen LogP) is 4.32. The summed E-state index contributed by atoms with van der Waals surface area (Å²) in [6, 6.07) is 3.26. The lowest BCUT2D eigenvalue weighted by atomic mass is 10.1. The van der Waals surface area contributed by atoms with Gasteiger partial charge < -0.3 is 34.2 Å². The van der Waals surface area contributed by atoms with Gasteiger partial charge in [0.2, 0.25) is 0 Å². The van der Waals surface area contributed by atoms with Crippen LogP contribution in [-0.2, 0) is 35.0 Å². The number of hydrogen-bond donors (Lipinski definition) is 1. The van der Waals surface area contributed by atoms with Gasteiger partial charge in [0, 0.05) is 0 Å². The summed E-state index contributed by atoms with van der Waals surface area (Å²) in [6.07, 6.45) is -1.89. The molecular weight excluding hydrogens is 486 g/mol. The van der Waals surface area contributed by atoms with Crippen LogP contribution in [0.1, 0.15) is 66.9 Å². The lowest BCUT2D eigenvalue weighted by Crippen LogP contribution is -2.36. The molecule has 0 radical (unpaired) electrons. The third-order valence-corrected chi connectivity index (χ3v) is 4.72. The van der Waals surface area contributed by atoms with E-state index in [-0.39, 0.29) is 36.4 Å². The molecule has 0 saturated heterocycles. The van der Waals surface area contributed by atoms with Crippen molar-refractivity contribution in [2.75, 3.05) is 6.61 Å². The molecular formula is C26H39NO10. The Kier molecular flexibility index (Phi) is 13.4. The van der Waals surface area contributed by atoms with Gasteiger partial charge in [-0.2, -0.15) is 0 Å². The number of rotatable bonds is 13. The fourth-order valence-electron chi connectivity index (χ4n) is 3.00. The largest absolute Gasteiger partial charge is 0.514 e. The van der Waals surface area contributed by atoms with Crippen LogP contribution >= 0.6 is 0 Å². The Morgan fingerprint density at radius 2 is 1.38 bits per heavy atom. The van der Waals surface area contributed by atoms with Gasteiger partial charge in [0.05, 0.1) is 18.1 Å². The fraction of sp³-hybridized carbons (Fsp3) is 0.615. The number of carbonyl (C=O) groups is 4. The molecule has 0 aromatic heterocycles. The Balaban J connectivity index is 2.83. The van der Waals surface area contributed by atoms with E-state index in [2.05, 4.69) is 0 Å². The Bertz CT molecular complexity index is 915. The maximum absolute atomic E-state index is 12.4. The Hall–Kier alpha value is -3.34. The molecule has 0 aliphatic heterocycles. The van der Waals surface area contributed by atoms with Crippen LogP contribution in [0.2, 0.25) is 0 Å². The van der Waals surface area contributed by atoms with E-state index in [9.17, 15) is 19.2 Å². The first-order chi connectivity index (χ1) is 17.3. The minimum atomic E-state index is -1.06. The van der Waals surface area contributed by atoms with Gasteiger partial charge in [-0.05, 0) is 65.2 Å². The van der Waals surface area contributed by atoms with Crippen molar-refractivity contribution in [2.45, 2.75) is 92.1 Å². The zero-order chi connectivity index (χ0) is 28.1. The fourth-order valence-corrected chi connectivity index (χ4v) is 3.00. The number of esters is 2. The van der Waals surface area contributed by atoms with Crippen LogP contribution in [0, 0.1) is 5.92 Å². The van der Waals surface area contributed by atoms with Gasteiger partial charge in [0.15, 0.2) is 11.5 Å². The van der Waals surface area contributed by atoms with E-state index in [1.165, 1.54) is 12.1 Å². The predicted molar refractivity (Wildman–Crippen MR) is 133 cm³/mol. The summed E-state index contributed by atoms with van der Waals surface area (Å²) in [4.78, 5) is 48.4. The molecule has 1 rings (SSSR count). The van der Waals surface area contributed by atoms with Crippen molar-refractivity contribution in [1.29, 1.82) is 0 Å². The molecule has 11 nitrogen and oxygen atoms in total. The molecule has 0 aliphatic rings. The normalized spacial score (nSPS) is 13.4. The summed E-state index contributed by atoms with van der Waals surface area (Å²) in [5.74, 6) is -1.49. The quantitative estimate of drug-likeness (QED) is 0.223. The SMILES string of the molecule is CCCC(C)C(=O)O[C@@H](C)COC(=O)[C@@H](N)Cc1ccc(OC(=O)OC(C)C)c(OC(=O)OC(C)C)c1. The molecule has 37 heavy (non-hydrogen) atoms. The Labute approximate surface area is 217 Å². The van der Waals surface area contributed by atoms with Crippen molar-refractivity contribution in [3.8, 4) is 11.5 Å². The molecule has 0 spiro atoms. The zero-order valence-corrected chi connectivity index (χ0v) is 22.6. The topological polar surface area (TPSA) is 150 Å². The van der Waals surface area contributed by atoms with Crippen LogP contribution < -0.4 is 15.2 Å². The van der Waals surface area contributed by atoms with Gasteiger partial charge in [0.1, 0.15) is 18.8 Å². The van der Waals surface area contributed by atoms with Gasteiger partial charge in [0.25, 0.3) is 0 Å². The summed E-state index contributed by atoms with van der Waals surface area (Å²) >= 11 is 0. The summed E-state index contributed by atoms with van der Waals surface area (Å²) < 4.78 is 30.8. The van der Waals surface area contributed by atoms with Crippen molar-refractivity contribution < 1.29 is 47.6 Å². The summed E-state index contributed by atoms with van der Waals surface area (Å²) in [5, 5.41) is 0. The smallest absolute Gasteiger partial charge is 0.461 e. The van der Waals surface area contributed by atoms with Crippen LogP contribution in [0.5, 0.6) is 11.5 Å². The van der Waals surface area contributed by atoms with Crippen molar-refractivity contribution in [2.24, 2.45) is 11.7 Å². The number of ether oxygens (including phenoxy) is 6. The number of carbonyl (C=O) groups excluding carboxylic acids is 4. The molecule has 0 aliphatic carbocycles. The van der Waals surface area contributed by atoms with Gasteiger partial charge in [-0.15, -0.1) is 0 Å². The number of hydrogen-bond acceptors (Lipinski definition) is 11. The van der Waals surface area contributed by atoms with Crippen molar-refractivity contribution >= 4 is 24.2 Å². The van der Waals surface area contributed by atoms with Crippen LogP contribution in [-0.4, -0.2) is 55.2 Å². The second-order valence-electron chi connectivity index (χ2n) is 9.20.